The normalized spacial score (nSPS) is 18.6. The van der Waals surface area contributed by atoms with Gasteiger partial charge in [0, 0.05) is 19.6 Å². The number of primary amides is 1. The first-order valence-corrected chi connectivity index (χ1v) is 6.45. The van der Waals surface area contributed by atoms with E-state index < -0.39 is 0 Å². The van der Waals surface area contributed by atoms with Crippen molar-refractivity contribution in [3.8, 4) is 0 Å². The minimum absolute atomic E-state index is 0.0321. The molecule has 4 N–H and O–H groups in total. The highest BCUT2D eigenvalue weighted by atomic mass is 16.2. The number of nitrogens with two attached hydrogens (primary N) is 2. The van der Waals surface area contributed by atoms with Crippen LogP contribution >= 0.6 is 0 Å². The van der Waals surface area contributed by atoms with Crippen LogP contribution in [-0.4, -0.2) is 29.8 Å². The van der Waals surface area contributed by atoms with Gasteiger partial charge in [-0.25, -0.2) is 0 Å². The number of likely N-dealkylation sites (tertiary alicyclic amines) is 1. The second-order valence-corrected chi connectivity index (χ2v) is 4.88. The summed E-state index contributed by atoms with van der Waals surface area (Å²) in [6.07, 6.45) is 0.998. The Balaban J connectivity index is 2.00. The van der Waals surface area contributed by atoms with Crippen LogP contribution in [0.5, 0.6) is 0 Å². The minimum Gasteiger partial charge on any atom is -0.369 e. The van der Waals surface area contributed by atoms with Gasteiger partial charge < -0.3 is 16.4 Å². The van der Waals surface area contributed by atoms with E-state index in [4.69, 9.17) is 11.5 Å². The average Bonchev–Trinajstić information content (AvgIpc) is 2.89. The molecule has 1 fully saturated rings. The Morgan fingerprint density at radius 2 is 1.95 bits per heavy atom. The topological polar surface area (TPSA) is 89.4 Å². The Hall–Kier alpha value is -1.88. The minimum atomic E-state index is -0.322. The molecule has 1 aromatic carbocycles. The molecule has 2 rings (SSSR count). The second-order valence-electron chi connectivity index (χ2n) is 4.88. The molecule has 102 valence electrons. The zero-order valence-electron chi connectivity index (χ0n) is 10.8. The Bertz CT molecular complexity index is 487. The predicted molar refractivity (Wildman–Crippen MR) is 71.9 cm³/mol. The Morgan fingerprint density at radius 3 is 2.53 bits per heavy atom. The third-order valence-corrected chi connectivity index (χ3v) is 3.62. The SMILES string of the molecule is NCc1ccccc1CC(=O)N1CCC(C(N)=O)C1. The summed E-state index contributed by atoms with van der Waals surface area (Å²) in [5.74, 6) is -0.490. The van der Waals surface area contributed by atoms with E-state index in [0.717, 1.165) is 11.1 Å². The fraction of sp³-hybridized carbons (Fsp3) is 0.429. The molecular weight excluding hydrogens is 242 g/mol. The van der Waals surface area contributed by atoms with Gasteiger partial charge in [0.2, 0.25) is 11.8 Å². The first-order valence-electron chi connectivity index (χ1n) is 6.45. The van der Waals surface area contributed by atoms with Crippen LogP contribution in [0.1, 0.15) is 17.5 Å². The number of hydrogen-bond acceptors (Lipinski definition) is 3. The first-order chi connectivity index (χ1) is 9.11. The van der Waals surface area contributed by atoms with E-state index in [0.29, 0.717) is 32.5 Å². The van der Waals surface area contributed by atoms with Crippen molar-refractivity contribution < 1.29 is 9.59 Å². The molecule has 1 heterocycles. The van der Waals surface area contributed by atoms with Crippen molar-refractivity contribution in [2.24, 2.45) is 17.4 Å². The number of hydrogen-bond donors (Lipinski definition) is 2. The number of nitrogens with zero attached hydrogens (tertiary/aromatic N) is 1. The van der Waals surface area contributed by atoms with Crippen molar-refractivity contribution in [2.45, 2.75) is 19.4 Å². The van der Waals surface area contributed by atoms with Gasteiger partial charge in [-0.2, -0.15) is 0 Å². The van der Waals surface area contributed by atoms with Gasteiger partial charge in [0.05, 0.1) is 12.3 Å². The molecule has 0 radical (unpaired) electrons. The number of carbonyl (C=O) groups excluding carboxylic acids is 2. The highest BCUT2D eigenvalue weighted by Crippen LogP contribution is 2.18. The van der Waals surface area contributed by atoms with Crippen LogP contribution in [0.3, 0.4) is 0 Å². The number of benzene rings is 1. The Labute approximate surface area is 112 Å². The van der Waals surface area contributed by atoms with Gasteiger partial charge in [-0.1, -0.05) is 24.3 Å². The van der Waals surface area contributed by atoms with Gasteiger partial charge in [-0.3, -0.25) is 9.59 Å². The number of carbonyl (C=O) groups is 2. The molecule has 1 aliphatic rings. The van der Waals surface area contributed by atoms with E-state index in [1.807, 2.05) is 24.3 Å². The molecule has 1 atom stereocenters. The van der Waals surface area contributed by atoms with Crippen molar-refractivity contribution in [1.82, 2.24) is 4.90 Å². The van der Waals surface area contributed by atoms with E-state index in [1.165, 1.54) is 0 Å². The zero-order chi connectivity index (χ0) is 13.8. The molecule has 0 aromatic heterocycles. The van der Waals surface area contributed by atoms with Crippen LogP contribution in [0.25, 0.3) is 0 Å². The van der Waals surface area contributed by atoms with Crippen molar-refractivity contribution in [1.29, 1.82) is 0 Å². The lowest BCUT2D eigenvalue weighted by molar-refractivity contribution is -0.129. The molecule has 19 heavy (non-hydrogen) atoms. The maximum absolute atomic E-state index is 12.2. The standard InChI is InChI=1S/C14H19N3O2/c15-8-11-4-2-1-3-10(11)7-13(18)17-6-5-12(9-17)14(16)19/h1-4,12H,5-9,15H2,(H2,16,19). The summed E-state index contributed by atoms with van der Waals surface area (Å²) in [7, 11) is 0. The van der Waals surface area contributed by atoms with Crippen LogP contribution in [-0.2, 0) is 22.6 Å². The lowest BCUT2D eigenvalue weighted by Crippen LogP contribution is -2.32. The largest absolute Gasteiger partial charge is 0.369 e. The maximum atomic E-state index is 12.2. The monoisotopic (exact) mass is 261 g/mol. The van der Waals surface area contributed by atoms with E-state index in [2.05, 4.69) is 0 Å². The molecule has 1 aromatic rings. The molecule has 0 spiro atoms. The number of rotatable bonds is 4. The molecule has 0 saturated carbocycles. The molecule has 2 amide bonds. The lowest BCUT2D eigenvalue weighted by Gasteiger charge is -2.17. The quantitative estimate of drug-likeness (QED) is 0.800. The van der Waals surface area contributed by atoms with Crippen molar-refractivity contribution in [3.63, 3.8) is 0 Å². The van der Waals surface area contributed by atoms with Gasteiger partial charge in [-0.05, 0) is 17.5 Å². The van der Waals surface area contributed by atoms with Crippen molar-refractivity contribution in [3.05, 3.63) is 35.4 Å². The molecule has 5 heteroatoms. The molecule has 0 bridgehead atoms. The Kier molecular flexibility index (Phi) is 4.16. The zero-order valence-corrected chi connectivity index (χ0v) is 10.8. The molecule has 1 aliphatic heterocycles. The van der Waals surface area contributed by atoms with Crippen LogP contribution in [0.2, 0.25) is 0 Å². The molecular formula is C14H19N3O2. The van der Waals surface area contributed by atoms with Gasteiger partial charge in [-0.15, -0.1) is 0 Å². The molecule has 1 unspecified atom stereocenters. The fourth-order valence-electron chi connectivity index (χ4n) is 2.42. The van der Waals surface area contributed by atoms with E-state index in [-0.39, 0.29) is 17.7 Å². The summed E-state index contributed by atoms with van der Waals surface area (Å²) in [6.45, 7) is 1.48. The van der Waals surface area contributed by atoms with Gasteiger partial charge in [0.1, 0.15) is 0 Å². The summed E-state index contributed by atoms with van der Waals surface area (Å²) < 4.78 is 0. The third-order valence-electron chi connectivity index (χ3n) is 3.62. The van der Waals surface area contributed by atoms with Crippen molar-refractivity contribution >= 4 is 11.8 Å². The predicted octanol–water partition coefficient (Wildman–Crippen LogP) is 0.0216. The summed E-state index contributed by atoms with van der Waals surface area (Å²) in [6, 6.07) is 7.66. The smallest absolute Gasteiger partial charge is 0.227 e. The Morgan fingerprint density at radius 1 is 1.26 bits per heavy atom. The number of amides is 2. The summed E-state index contributed by atoms with van der Waals surface area (Å²) in [4.78, 5) is 25.0. The van der Waals surface area contributed by atoms with E-state index in [1.54, 1.807) is 4.90 Å². The average molecular weight is 261 g/mol. The van der Waals surface area contributed by atoms with Crippen LogP contribution in [0.4, 0.5) is 0 Å². The lowest BCUT2D eigenvalue weighted by atomic mass is 10.0. The summed E-state index contributed by atoms with van der Waals surface area (Å²) >= 11 is 0. The van der Waals surface area contributed by atoms with E-state index >= 15 is 0 Å². The molecule has 0 aliphatic carbocycles. The highest BCUT2D eigenvalue weighted by molar-refractivity contribution is 5.82. The van der Waals surface area contributed by atoms with Crippen LogP contribution in [0.15, 0.2) is 24.3 Å². The maximum Gasteiger partial charge on any atom is 0.227 e. The van der Waals surface area contributed by atoms with Crippen molar-refractivity contribution in [2.75, 3.05) is 13.1 Å². The summed E-state index contributed by atoms with van der Waals surface area (Å²) in [5.41, 5.74) is 12.9. The summed E-state index contributed by atoms with van der Waals surface area (Å²) in [5, 5.41) is 0. The molecule has 1 saturated heterocycles. The van der Waals surface area contributed by atoms with Crippen LogP contribution in [0, 0.1) is 5.92 Å². The fourth-order valence-corrected chi connectivity index (χ4v) is 2.42. The highest BCUT2D eigenvalue weighted by Gasteiger charge is 2.29. The van der Waals surface area contributed by atoms with Gasteiger partial charge in [0.25, 0.3) is 0 Å². The van der Waals surface area contributed by atoms with E-state index in [9.17, 15) is 9.59 Å². The second kappa shape index (κ2) is 5.84. The van der Waals surface area contributed by atoms with Crippen LogP contribution < -0.4 is 11.5 Å². The van der Waals surface area contributed by atoms with Gasteiger partial charge in [0.15, 0.2) is 0 Å². The third kappa shape index (κ3) is 3.12. The molecule has 5 nitrogen and oxygen atoms in total. The first kappa shape index (κ1) is 13.5. The van der Waals surface area contributed by atoms with Gasteiger partial charge >= 0.3 is 0 Å².